The second-order valence-corrected chi connectivity index (χ2v) is 5.16. The Labute approximate surface area is 106 Å². The van der Waals surface area contributed by atoms with Gasteiger partial charge in [-0.2, -0.15) is 0 Å². The molecule has 1 saturated carbocycles. The highest BCUT2D eigenvalue weighted by molar-refractivity contribution is 5.19. The molecule has 18 heavy (non-hydrogen) atoms. The van der Waals surface area contributed by atoms with Crippen LogP contribution in [0.2, 0.25) is 0 Å². The first-order chi connectivity index (χ1) is 8.58. The summed E-state index contributed by atoms with van der Waals surface area (Å²) in [7, 11) is 1.83. The van der Waals surface area contributed by atoms with Crippen molar-refractivity contribution in [2.45, 2.75) is 31.9 Å². The topological polar surface area (TPSA) is 23.5 Å². The molecule has 0 unspecified atom stereocenters. The fourth-order valence-corrected chi connectivity index (χ4v) is 2.65. The maximum atomic E-state index is 13.5. The molecule has 0 amide bonds. The van der Waals surface area contributed by atoms with Crippen molar-refractivity contribution >= 4 is 0 Å². The highest BCUT2D eigenvalue weighted by Gasteiger charge is 2.26. The van der Waals surface area contributed by atoms with Crippen molar-refractivity contribution in [1.29, 1.82) is 0 Å². The van der Waals surface area contributed by atoms with Gasteiger partial charge in [0.2, 0.25) is 0 Å². The standard InChI is InChI=1S/C14H19F2NO/c1-17(8-10-4-2-7-14(10)18)9-11-12(15)5-3-6-13(11)16/h3,5-6,10,14,18H,2,4,7-9H2,1H3/t10-,14+/m1/s1. The predicted octanol–water partition coefficient (Wildman–Crippen LogP) is 2.56. The first-order valence-corrected chi connectivity index (χ1v) is 6.37. The van der Waals surface area contributed by atoms with Gasteiger partial charge in [-0.05, 0) is 37.9 Å². The third-order valence-electron chi connectivity index (χ3n) is 3.65. The Kier molecular flexibility index (Phi) is 4.30. The Bertz CT molecular complexity index is 391. The van der Waals surface area contributed by atoms with Crippen molar-refractivity contribution in [3.63, 3.8) is 0 Å². The number of rotatable bonds is 4. The SMILES string of the molecule is CN(Cc1c(F)cccc1F)C[C@H]1CCC[C@@H]1O. The highest BCUT2D eigenvalue weighted by Crippen LogP contribution is 2.26. The van der Waals surface area contributed by atoms with Crippen LogP contribution in [0.1, 0.15) is 24.8 Å². The summed E-state index contributed by atoms with van der Waals surface area (Å²) in [5.74, 6) is -0.785. The Morgan fingerprint density at radius 1 is 1.28 bits per heavy atom. The van der Waals surface area contributed by atoms with Crippen molar-refractivity contribution in [2.24, 2.45) is 5.92 Å². The third kappa shape index (κ3) is 3.06. The molecule has 0 aromatic heterocycles. The zero-order valence-corrected chi connectivity index (χ0v) is 10.6. The van der Waals surface area contributed by atoms with E-state index in [1.54, 1.807) is 0 Å². The van der Waals surface area contributed by atoms with E-state index >= 15 is 0 Å². The van der Waals surface area contributed by atoms with Crippen LogP contribution in [0.15, 0.2) is 18.2 Å². The second-order valence-electron chi connectivity index (χ2n) is 5.16. The molecule has 2 nitrogen and oxygen atoms in total. The molecule has 0 heterocycles. The van der Waals surface area contributed by atoms with E-state index in [4.69, 9.17) is 0 Å². The van der Waals surface area contributed by atoms with Gasteiger partial charge in [-0.15, -0.1) is 0 Å². The molecule has 2 atom stereocenters. The van der Waals surface area contributed by atoms with E-state index in [1.807, 2.05) is 11.9 Å². The molecular weight excluding hydrogens is 236 g/mol. The van der Waals surface area contributed by atoms with Crippen molar-refractivity contribution in [1.82, 2.24) is 4.90 Å². The third-order valence-corrected chi connectivity index (χ3v) is 3.65. The number of aliphatic hydroxyl groups excluding tert-OH is 1. The quantitative estimate of drug-likeness (QED) is 0.893. The highest BCUT2D eigenvalue weighted by atomic mass is 19.1. The summed E-state index contributed by atoms with van der Waals surface area (Å²) in [5, 5.41) is 9.74. The molecule has 0 radical (unpaired) electrons. The molecule has 0 spiro atoms. The number of hydrogen-bond donors (Lipinski definition) is 1. The zero-order valence-electron chi connectivity index (χ0n) is 10.6. The Morgan fingerprint density at radius 2 is 1.94 bits per heavy atom. The van der Waals surface area contributed by atoms with Crippen LogP contribution >= 0.6 is 0 Å². The molecule has 100 valence electrons. The number of halogens is 2. The first-order valence-electron chi connectivity index (χ1n) is 6.37. The lowest BCUT2D eigenvalue weighted by Crippen LogP contribution is -2.30. The number of benzene rings is 1. The number of hydrogen-bond acceptors (Lipinski definition) is 2. The molecular formula is C14H19F2NO. The molecule has 0 saturated heterocycles. The van der Waals surface area contributed by atoms with Gasteiger partial charge in [0.1, 0.15) is 11.6 Å². The van der Waals surface area contributed by atoms with Gasteiger partial charge in [-0.3, -0.25) is 0 Å². The molecule has 1 aromatic rings. The maximum Gasteiger partial charge on any atom is 0.130 e. The van der Waals surface area contributed by atoms with E-state index in [1.165, 1.54) is 18.2 Å². The van der Waals surface area contributed by atoms with Gasteiger partial charge in [0.05, 0.1) is 6.10 Å². The molecule has 1 fully saturated rings. The zero-order chi connectivity index (χ0) is 13.1. The van der Waals surface area contributed by atoms with Gasteiger partial charge in [-0.25, -0.2) is 8.78 Å². The van der Waals surface area contributed by atoms with Crippen LogP contribution in [-0.4, -0.2) is 29.7 Å². The molecule has 1 aromatic carbocycles. The smallest absolute Gasteiger partial charge is 0.130 e. The van der Waals surface area contributed by atoms with Crippen molar-refractivity contribution in [3.8, 4) is 0 Å². The largest absolute Gasteiger partial charge is 0.393 e. The van der Waals surface area contributed by atoms with Crippen LogP contribution in [-0.2, 0) is 6.54 Å². The fraction of sp³-hybridized carbons (Fsp3) is 0.571. The minimum Gasteiger partial charge on any atom is -0.393 e. The van der Waals surface area contributed by atoms with Crippen LogP contribution in [0.3, 0.4) is 0 Å². The van der Waals surface area contributed by atoms with Gasteiger partial charge >= 0.3 is 0 Å². The van der Waals surface area contributed by atoms with Crippen LogP contribution in [0, 0.1) is 17.6 Å². The van der Waals surface area contributed by atoms with E-state index in [0.29, 0.717) is 6.54 Å². The number of nitrogens with zero attached hydrogens (tertiary/aromatic N) is 1. The molecule has 4 heteroatoms. The van der Waals surface area contributed by atoms with E-state index in [0.717, 1.165) is 19.3 Å². The summed E-state index contributed by atoms with van der Waals surface area (Å²) in [6, 6.07) is 3.92. The van der Waals surface area contributed by atoms with Crippen LogP contribution in [0.5, 0.6) is 0 Å². The van der Waals surface area contributed by atoms with Gasteiger partial charge in [-0.1, -0.05) is 12.5 Å². The predicted molar refractivity (Wildman–Crippen MR) is 66.0 cm³/mol. The van der Waals surface area contributed by atoms with Gasteiger partial charge in [0, 0.05) is 18.7 Å². The Hall–Kier alpha value is -1.00. The minimum absolute atomic E-state index is 0.104. The van der Waals surface area contributed by atoms with E-state index in [-0.39, 0.29) is 24.1 Å². The van der Waals surface area contributed by atoms with Crippen molar-refractivity contribution < 1.29 is 13.9 Å². The van der Waals surface area contributed by atoms with Gasteiger partial charge < -0.3 is 10.0 Å². The van der Waals surface area contributed by atoms with E-state index in [2.05, 4.69) is 0 Å². The molecule has 1 aliphatic rings. The normalized spacial score (nSPS) is 23.8. The van der Waals surface area contributed by atoms with E-state index in [9.17, 15) is 13.9 Å². The van der Waals surface area contributed by atoms with Crippen LogP contribution in [0.25, 0.3) is 0 Å². The molecule has 1 N–H and O–H groups in total. The summed E-state index contributed by atoms with van der Waals surface area (Å²) in [4.78, 5) is 1.88. The van der Waals surface area contributed by atoms with Crippen molar-refractivity contribution in [3.05, 3.63) is 35.4 Å². The second kappa shape index (κ2) is 5.76. The first kappa shape index (κ1) is 13.4. The molecule has 0 aliphatic heterocycles. The maximum absolute atomic E-state index is 13.5. The van der Waals surface area contributed by atoms with Gasteiger partial charge in [0.25, 0.3) is 0 Å². The Morgan fingerprint density at radius 3 is 2.50 bits per heavy atom. The minimum atomic E-state index is -0.506. The summed E-state index contributed by atoms with van der Waals surface area (Å²) in [6.07, 6.45) is 2.60. The summed E-state index contributed by atoms with van der Waals surface area (Å²) >= 11 is 0. The summed E-state index contributed by atoms with van der Waals surface area (Å²) in [6.45, 7) is 0.913. The Balaban J connectivity index is 1.96. The lowest BCUT2D eigenvalue weighted by Gasteiger charge is -2.23. The van der Waals surface area contributed by atoms with Crippen molar-refractivity contribution in [2.75, 3.05) is 13.6 Å². The molecule has 0 bridgehead atoms. The van der Waals surface area contributed by atoms with Crippen LogP contribution in [0.4, 0.5) is 8.78 Å². The lowest BCUT2D eigenvalue weighted by molar-refractivity contribution is 0.107. The molecule has 2 rings (SSSR count). The molecule has 1 aliphatic carbocycles. The van der Waals surface area contributed by atoms with Gasteiger partial charge in [0.15, 0.2) is 0 Å². The lowest BCUT2D eigenvalue weighted by atomic mass is 10.1. The van der Waals surface area contributed by atoms with E-state index < -0.39 is 11.6 Å². The fourth-order valence-electron chi connectivity index (χ4n) is 2.65. The van der Waals surface area contributed by atoms with Crippen LogP contribution < -0.4 is 0 Å². The summed E-state index contributed by atoms with van der Waals surface area (Å²) in [5.41, 5.74) is 0.104. The monoisotopic (exact) mass is 255 g/mol. The average Bonchev–Trinajstić information content (AvgIpc) is 2.70. The summed E-state index contributed by atoms with van der Waals surface area (Å²) < 4.78 is 27.0. The number of aliphatic hydroxyl groups is 1. The average molecular weight is 255 g/mol.